The van der Waals surface area contributed by atoms with Gasteiger partial charge in [-0.2, -0.15) is 0 Å². The van der Waals surface area contributed by atoms with Crippen molar-refractivity contribution < 1.29 is 0 Å². The van der Waals surface area contributed by atoms with E-state index in [-0.39, 0.29) is 0 Å². The van der Waals surface area contributed by atoms with Crippen molar-refractivity contribution in [2.45, 2.75) is 117 Å². The Kier molecular flexibility index (Phi) is 18.5. The summed E-state index contributed by atoms with van der Waals surface area (Å²) in [6, 6.07) is 1.23. The van der Waals surface area contributed by atoms with E-state index >= 15 is 0 Å². The van der Waals surface area contributed by atoms with E-state index in [1.807, 2.05) is 0 Å². The topological polar surface area (TPSA) is 24.1 Å². The van der Waals surface area contributed by atoms with Crippen LogP contribution in [0, 0.1) is 0 Å². The van der Waals surface area contributed by atoms with E-state index in [9.17, 15) is 0 Å². The van der Waals surface area contributed by atoms with Gasteiger partial charge in [-0.3, -0.25) is 9.44 Å². The summed E-state index contributed by atoms with van der Waals surface area (Å²) in [5.74, 6) is 0. The van der Waals surface area contributed by atoms with E-state index in [0.717, 1.165) is 0 Å². The molecule has 22 heavy (non-hydrogen) atoms. The van der Waals surface area contributed by atoms with Crippen LogP contribution in [0.4, 0.5) is 0 Å². The molecular formula is C18H40N2S2. The third-order valence-corrected chi connectivity index (χ3v) is 5.93. The van der Waals surface area contributed by atoms with Gasteiger partial charge in [0.1, 0.15) is 0 Å². The molecule has 0 aromatic rings. The van der Waals surface area contributed by atoms with Gasteiger partial charge < -0.3 is 0 Å². The zero-order chi connectivity index (χ0) is 16.5. The summed E-state index contributed by atoms with van der Waals surface area (Å²) in [4.78, 5) is 0. The first kappa shape index (κ1) is 22.6. The van der Waals surface area contributed by atoms with Gasteiger partial charge in [-0.05, 0) is 26.7 Å². The molecule has 2 unspecified atom stereocenters. The molecule has 134 valence electrons. The minimum atomic E-state index is 0.616. The standard InChI is InChI=1S/C18H40N2S2/c1-5-7-9-11-13-15-17(3)19-21-22-20-18(4)16-14-12-10-8-6-2/h17-20H,5-16H2,1-4H3. The largest absolute Gasteiger partial charge is 0.251 e. The van der Waals surface area contributed by atoms with Crippen molar-refractivity contribution in [1.29, 1.82) is 0 Å². The van der Waals surface area contributed by atoms with Gasteiger partial charge in [-0.1, -0.05) is 78.1 Å². The molecule has 0 saturated heterocycles. The van der Waals surface area contributed by atoms with Crippen LogP contribution in [0.5, 0.6) is 0 Å². The lowest BCUT2D eigenvalue weighted by molar-refractivity contribution is 0.546. The Balaban J connectivity index is 3.28. The van der Waals surface area contributed by atoms with Crippen LogP contribution in [0.15, 0.2) is 0 Å². The normalized spacial score (nSPS) is 14.2. The maximum atomic E-state index is 3.53. The fraction of sp³-hybridized carbons (Fsp3) is 1.00. The summed E-state index contributed by atoms with van der Waals surface area (Å²) in [5, 5.41) is 0. The van der Waals surface area contributed by atoms with Crippen LogP contribution in [-0.2, 0) is 0 Å². The monoisotopic (exact) mass is 348 g/mol. The van der Waals surface area contributed by atoms with Crippen molar-refractivity contribution >= 4 is 22.0 Å². The fourth-order valence-electron chi connectivity index (χ4n) is 2.44. The Labute approximate surface area is 148 Å². The van der Waals surface area contributed by atoms with Crippen LogP contribution in [0.3, 0.4) is 0 Å². The highest BCUT2D eigenvalue weighted by Gasteiger charge is 2.04. The summed E-state index contributed by atoms with van der Waals surface area (Å²) in [6.45, 7) is 9.14. The second-order valence-corrected chi connectivity index (χ2v) is 8.41. The lowest BCUT2D eigenvalue weighted by Gasteiger charge is -2.15. The Bertz CT molecular complexity index is 193. The van der Waals surface area contributed by atoms with Gasteiger partial charge >= 0.3 is 0 Å². The van der Waals surface area contributed by atoms with E-state index in [1.165, 1.54) is 77.0 Å². The smallest absolute Gasteiger partial charge is 0.0151 e. The lowest BCUT2D eigenvalue weighted by Crippen LogP contribution is -2.21. The highest BCUT2D eigenvalue weighted by atomic mass is 33.1. The van der Waals surface area contributed by atoms with Crippen LogP contribution in [0.2, 0.25) is 0 Å². The average Bonchev–Trinajstić information content (AvgIpc) is 2.51. The number of unbranched alkanes of at least 4 members (excludes halogenated alkanes) is 8. The summed E-state index contributed by atoms with van der Waals surface area (Å²) in [7, 11) is 3.52. The van der Waals surface area contributed by atoms with Gasteiger partial charge in [0.05, 0.1) is 0 Å². The number of hydrogen-bond acceptors (Lipinski definition) is 4. The van der Waals surface area contributed by atoms with E-state index in [1.54, 1.807) is 22.0 Å². The van der Waals surface area contributed by atoms with Gasteiger partial charge in [-0.15, -0.1) is 0 Å². The minimum Gasteiger partial charge on any atom is -0.251 e. The van der Waals surface area contributed by atoms with Gasteiger partial charge in [-0.25, -0.2) is 0 Å². The molecule has 0 fully saturated rings. The molecule has 0 saturated carbocycles. The van der Waals surface area contributed by atoms with Crippen molar-refractivity contribution in [1.82, 2.24) is 9.44 Å². The summed E-state index contributed by atoms with van der Waals surface area (Å²) < 4.78 is 7.06. The molecule has 2 N–H and O–H groups in total. The Hall–Kier alpha value is 0.620. The van der Waals surface area contributed by atoms with Crippen molar-refractivity contribution in [3.63, 3.8) is 0 Å². The van der Waals surface area contributed by atoms with E-state index < -0.39 is 0 Å². The molecule has 0 aliphatic carbocycles. The van der Waals surface area contributed by atoms with Crippen LogP contribution < -0.4 is 9.44 Å². The van der Waals surface area contributed by atoms with E-state index in [4.69, 9.17) is 0 Å². The Morgan fingerprint density at radius 3 is 1.32 bits per heavy atom. The zero-order valence-electron chi connectivity index (χ0n) is 15.5. The van der Waals surface area contributed by atoms with Crippen LogP contribution in [0.25, 0.3) is 0 Å². The molecule has 0 heterocycles. The van der Waals surface area contributed by atoms with Gasteiger partial charge in [0.2, 0.25) is 0 Å². The van der Waals surface area contributed by atoms with Crippen molar-refractivity contribution in [2.24, 2.45) is 0 Å². The molecule has 0 bridgehead atoms. The molecule has 2 nitrogen and oxygen atoms in total. The number of nitrogens with one attached hydrogen (secondary N) is 2. The second-order valence-electron chi connectivity index (χ2n) is 6.61. The van der Waals surface area contributed by atoms with Crippen molar-refractivity contribution in [2.75, 3.05) is 0 Å². The predicted molar refractivity (Wildman–Crippen MR) is 107 cm³/mol. The lowest BCUT2D eigenvalue weighted by atomic mass is 10.1. The van der Waals surface area contributed by atoms with Crippen molar-refractivity contribution in [3.8, 4) is 0 Å². The maximum absolute atomic E-state index is 3.53. The van der Waals surface area contributed by atoms with Crippen LogP contribution in [0.1, 0.15) is 105 Å². The van der Waals surface area contributed by atoms with Crippen molar-refractivity contribution in [3.05, 3.63) is 0 Å². The highest BCUT2D eigenvalue weighted by molar-refractivity contribution is 8.75. The number of hydrogen-bond donors (Lipinski definition) is 2. The third-order valence-electron chi connectivity index (χ3n) is 4.02. The molecule has 0 spiro atoms. The molecule has 0 aliphatic heterocycles. The summed E-state index contributed by atoms with van der Waals surface area (Å²) in [6.07, 6.45) is 16.4. The molecule has 0 rings (SSSR count). The van der Waals surface area contributed by atoms with Gasteiger partial charge in [0.25, 0.3) is 0 Å². The zero-order valence-corrected chi connectivity index (χ0v) is 17.1. The molecule has 0 amide bonds. The fourth-order valence-corrected chi connectivity index (χ4v) is 4.37. The minimum absolute atomic E-state index is 0.616. The average molecular weight is 349 g/mol. The number of rotatable bonds is 17. The summed E-state index contributed by atoms with van der Waals surface area (Å²) >= 11 is 0. The third kappa shape index (κ3) is 17.0. The Morgan fingerprint density at radius 1 is 0.591 bits per heavy atom. The highest BCUT2D eigenvalue weighted by Crippen LogP contribution is 2.18. The van der Waals surface area contributed by atoms with Crippen LogP contribution in [-0.4, -0.2) is 12.1 Å². The van der Waals surface area contributed by atoms with Gasteiger partial charge in [0, 0.05) is 34.0 Å². The molecule has 0 radical (unpaired) electrons. The maximum Gasteiger partial charge on any atom is 0.0151 e. The predicted octanol–water partition coefficient (Wildman–Crippen LogP) is 6.88. The molecule has 0 aromatic heterocycles. The van der Waals surface area contributed by atoms with Gasteiger partial charge in [0.15, 0.2) is 0 Å². The molecule has 4 heteroatoms. The quantitative estimate of drug-likeness (QED) is 0.170. The molecule has 0 aromatic carbocycles. The summed E-state index contributed by atoms with van der Waals surface area (Å²) in [5.41, 5.74) is 0. The second kappa shape index (κ2) is 18.0. The molecular weight excluding hydrogens is 308 g/mol. The molecule has 0 aliphatic rings. The molecule has 2 atom stereocenters. The van der Waals surface area contributed by atoms with Crippen LogP contribution >= 0.6 is 22.0 Å². The van der Waals surface area contributed by atoms with E-state index in [0.29, 0.717) is 12.1 Å². The van der Waals surface area contributed by atoms with E-state index in [2.05, 4.69) is 37.1 Å². The Morgan fingerprint density at radius 2 is 0.955 bits per heavy atom. The first-order valence-electron chi connectivity index (χ1n) is 9.54. The first-order valence-corrected chi connectivity index (χ1v) is 11.7. The SMILES string of the molecule is CCCCCCCC(C)NSSNC(C)CCCCCCC. The first-order chi connectivity index (χ1) is 10.7.